The van der Waals surface area contributed by atoms with Crippen molar-refractivity contribution in [3.05, 3.63) is 0 Å². The highest BCUT2D eigenvalue weighted by atomic mass is 16.6. The van der Waals surface area contributed by atoms with Gasteiger partial charge in [0.25, 0.3) is 0 Å². The third-order valence-electron chi connectivity index (χ3n) is 1.82. The predicted molar refractivity (Wildman–Crippen MR) is 47.7 cm³/mol. The normalized spacial score (nSPS) is 35.2. The number of ether oxygens (including phenoxy) is 1. The van der Waals surface area contributed by atoms with Crippen molar-refractivity contribution in [2.75, 3.05) is 6.61 Å². The van der Waals surface area contributed by atoms with Crippen molar-refractivity contribution in [1.29, 1.82) is 0 Å². The maximum atomic E-state index is 9.05. The second kappa shape index (κ2) is 6.40. The molecule has 1 rings (SSSR count). The number of rotatable bonds is 1. The highest BCUT2D eigenvalue weighted by Crippen LogP contribution is 2.22. The summed E-state index contributed by atoms with van der Waals surface area (Å²) in [6.45, 7) is 6.07. The molecule has 0 aromatic carbocycles. The third-order valence-corrected chi connectivity index (χ3v) is 1.82. The van der Waals surface area contributed by atoms with Gasteiger partial charge in [-0.2, -0.15) is 0 Å². The molecule has 0 aromatic rings. The standard InChI is InChI=1S/C7H14O3.C2H6/c1-5-2-6(4-8)10-7(9)3-5;1-2/h5-9H,2-4H2,1H3;1-2H3. The van der Waals surface area contributed by atoms with Gasteiger partial charge in [0, 0.05) is 6.42 Å². The number of aliphatic hydroxyl groups is 2. The maximum Gasteiger partial charge on any atom is 0.155 e. The van der Waals surface area contributed by atoms with Crippen LogP contribution in [0.15, 0.2) is 0 Å². The van der Waals surface area contributed by atoms with Crippen molar-refractivity contribution in [3.63, 3.8) is 0 Å². The van der Waals surface area contributed by atoms with Crippen LogP contribution in [0.4, 0.5) is 0 Å². The minimum Gasteiger partial charge on any atom is -0.394 e. The first-order chi connectivity index (χ1) is 5.72. The molecule has 0 aromatic heterocycles. The van der Waals surface area contributed by atoms with Gasteiger partial charge in [-0.3, -0.25) is 0 Å². The summed E-state index contributed by atoms with van der Waals surface area (Å²) in [6, 6.07) is 0. The predicted octanol–water partition coefficient (Wildman–Crippen LogP) is 1.14. The van der Waals surface area contributed by atoms with E-state index in [-0.39, 0.29) is 12.7 Å². The Labute approximate surface area is 74.4 Å². The maximum absolute atomic E-state index is 9.05. The summed E-state index contributed by atoms with van der Waals surface area (Å²) in [6.07, 6.45) is 0.726. The number of aliphatic hydroxyl groups excluding tert-OH is 2. The molecule has 74 valence electrons. The SMILES string of the molecule is CC.CC1CC(O)OC(CO)C1. The van der Waals surface area contributed by atoms with Gasteiger partial charge in [-0.25, -0.2) is 0 Å². The Morgan fingerprint density at radius 3 is 2.33 bits per heavy atom. The monoisotopic (exact) mass is 176 g/mol. The molecule has 0 amide bonds. The topological polar surface area (TPSA) is 49.7 Å². The van der Waals surface area contributed by atoms with Gasteiger partial charge in [-0.05, 0) is 12.3 Å². The smallest absolute Gasteiger partial charge is 0.155 e. The minimum atomic E-state index is -0.666. The van der Waals surface area contributed by atoms with Crippen molar-refractivity contribution in [1.82, 2.24) is 0 Å². The fourth-order valence-corrected chi connectivity index (χ4v) is 1.34. The number of hydrogen-bond acceptors (Lipinski definition) is 3. The summed E-state index contributed by atoms with van der Waals surface area (Å²) in [7, 11) is 0. The third kappa shape index (κ3) is 4.04. The summed E-state index contributed by atoms with van der Waals surface area (Å²) in [4.78, 5) is 0. The van der Waals surface area contributed by atoms with Gasteiger partial charge < -0.3 is 14.9 Å². The van der Waals surface area contributed by atoms with Crippen LogP contribution in [0.2, 0.25) is 0 Å². The lowest BCUT2D eigenvalue weighted by Gasteiger charge is -2.29. The van der Waals surface area contributed by atoms with Crippen LogP contribution in [0, 0.1) is 5.92 Å². The van der Waals surface area contributed by atoms with E-state index in [1.165, 1.54) is 0 Å². The highest BCUT2D eigenvalue weighted by Gasteiger charge is 2.24. The lowest BCUT2D eigenvalue weighted by molar-refractivity contribution is -0.184. The van der Waals surface area contributed by atoms with Gasteiger partial charge in [0.05, 0.1) is 12.7 Å². The number of hydrogen-bond donors (Lipinski definition) is 2. The second-order valence-corrected chi connectivity index (χ2v) is 2.97. The van der Waals surface area contributed by atoms with Crippen LogP contribution in [0.3, 0.4) is 0 Å². The molecule has 3 atom stereocenters. The molecule has 0 bridgehead atoms. The molecule has 1 fully saturated rings. The fourth-order valence-electron chi connectivity index (χ4n) is 1.34. The molecule has 1 saturated heterocycles. The molecule has 1 heterocycles. The van der Waals surface area contributed by atoms with E-state index in [9.17, 15) is 0 Å². The quantitative estimate of drug-likeness (QED) is 0.630. The van der Waals surface area contributed by atoms with Crippen LogP contribution in [-0.4, -0.2) is 29.2 Å². The first-order valence-corrected chi connectivity index (χ1v) is 4.66. The van der Waals surface area contributed by atoms with Gasteiger partial charge in [0.2, 0.25) is 0 Å². The summed E-state index contributed by atoms with van der Waals surface area (Å²) in [5.74, 6) is 0.459. The summed E-state index contributed by atoms with van der Waals surface area (Å²) >= 11 is 0. The first-order valence-electron chi connectivity index (χ1n) is 4.66. The van der Waals surface area contributed by atoms with E-state index >= 15 is 0 Å². The summed E-state index contributed by atoms with van der Waals surface area (Å²) in [5, 5.41) is 17.7. The van der Waals surface area contributed by atoms with E-state index in [0.717, 1.165) is 6.42 Å². The van der Waals surface area contributed by atoms with Crippen molar-refractivity contribution >= 4 is 0 Å². The Bertz CT molecular complexity index is 95.9. The molecule has 0 saturated carbocycles. The van der Waals surface area contributed by atoms with Crippen LogP contribution >= 0.6 is 0 Å². The molecule has 3 heteroatoms. The zero-order valence-electron chi connectivity index (χ0n) is 8.16. The van der Waals surface area contributed by atoms with Gasteiger partial charge in [0.15, 0.2) is 6.29 Å². The molecular weight excluding hydrogens is 156 g/mol. The molecular formula is C9H20O3. The average Bonchev–Trinajstić information content (AvgIpc) is 2.06. The van der Waals surface area contributed by atoms with E-state index in [2.05, 4.69) is 6.92 Å². The Morgan fingerprint density at radius 1 is 1.33 bits per heavy atom. The van der Waals surface area contributed by atoms with Crippen LogP contribution in [0.1, 0.15) is 33.6 Å². The summed E-state index contributed by atoms with van der Waals surface area (Å²) < 4.78 is 5.01. The summed E-state index contributed by atoms with van der Waals surface area (Å²) in [5.41, 5.74) is 0. The van der Waals surface area contributed by atoms with Crippen LogP contribution in [0.5, 0.6) is 0 Å². The van der Waals surface area contributed by atoms with Gasteiger partial charge in [0.1, 0.15) is 0 Å². The Kier molecular flexibility index (Phi) is 6.34. The Hall–Kier alpha value is -0.120. The van der Waals surface area contributed by atoms with Crippen molar-refractivity contribution in [2.45, 2.75) is 46.0 Å². The fraction of sp³-hybridized carbons (Fsp3) is 1.00. The van der Waals surface area contributed by atoms with E-state index in [0.29, 0.717) is 12.3 Å². The van der Waals surface area contributed by atoms with E-state index in [1.54, 1.807) is 0 Å². The highest BCUT2D eigenvalue weighted by molar-refractivity contribution is 4.69. The lowest BCUT2D eigenvalue weighted by Crippen LogP contribution is -2.33. The molecule has 3 unspecified atom stereocenters. The molecule has 1 aliphatic rings. The van der Waals surface area contributed by atoms with Crippen LogP contribution in [-0.2, 0) is 4.74 Å². The molecule has 2 N–H and O–H groups in total. The molecule has 0 spiro atoms. The molecule has 12 heavy (non-hydrogen) atoms. The van der Waals surface area contributed by atoms with Crippen molar-refractivity contribution in [2.24, 2.45) is 5.92 Å². The Balaban J connectivity index is 0.000000561. The molecule has 0 aliphatic carbocycles. The molecule has 3 nitrogen and oxygen atoms in total. The minimum absolute atomic E-state index is 0.0153. The van der Waals surface area contributed by atoms with E-state index in [4.69, 9.17) is 14.9 Å². The molecule has 0 radical (unpaired) electrons. The zero-order chi connectivity index (χ0) is 9.56. The second-order valence-electron chi connectivity index (χ2n) is 2.97. The largest absolute Gasteiger partial charge is 0.394 e. The zero-order valence-corrected chi connectivity index (χ0v) is 8.16. The van der Waals surface area contributed by atoms with E-state index < -0.39 is 6.29 Å². The van der Waals surface area contributed by atoms with Gasteiger partial charge in [-0.15, -0.1) is 0 Å². The first kappa shape index (κ1) is 11.9. The van der Waals surface area contributed by atoms with E-state index in [1.807, 2.05) is 13.8 Å². The average molecular weight is 176 g/mol. The molecule has 1 aliphatic heterocycles. The van der Waals surface area contributed by atoms with Gasteiger partial charge >= 0.3 is 0 Å². The van der Waals surface area contributed by atoms with Gasteiger partial charge in [-0.1, -0.05) is 20.8 Å². The van der Waals surface area contributed by atoms with Crippen LogP contribution < -0.4 is 0 Å². The van der Waals surface area contributed by atoms with Crippen molar-refractivity contribution < 1.29 is 14.9 Å². The van der Waals surface area contributed by atoms with Crippen molar-refractivity contribution in [3.8, 4) is 0 Å². The lowest BCUT2D eigenvalue weighted by atomic mass is 9.97. The van der Waals surface area contributed by atoms with Crippen LogP contribution in [0.25, 0.3) is 0 Å². The Morgan fingerprint density at radius 2 is 1.92 bits per heavy atom.